The quantitative estimate of drug-likeness (QED) is 0.841. The van der Waals surface area contributed by atoms with Crippen molar-refractivity contribution in [2.24, 2.45) is 11.8 Å². The van der Waals surface area contributed by atoms with E-state index >= 15 is 0 Å². The largest absolute Gasteiger partial charge is 0.496 e. The van der Waals surface area contributed by atoms with Crippen LogP contribution in [0.1, 0.15) is 22.3 Å². The van der Waals surface area contributed by atoms with Gasteiger partial charge in [0, 0.05) is 45.2 Å². The van der Waals surface area contributed by atoms with Gasteiger partial charge in [0.15, 0.2) is 0 Å². The zero-order valence-electron chi connectivity index (χ0n) is 16.9. The summed E-state index contributed by atoms with van der Waals surface area (Å²) in [6.45, 7) is 8.77. The molecule has 2 fully saturated rings. The molecule has 3 rings (SSSR count). The zero-order valence-corrected chi connectivity index (χ0v) is 16.9. The van der Waals surface area contributed by atoms with E-state index in [0.29, 0.717) is 30.3 Å². The molecule has 1 amide bonds. The highest BCUT2D eigenvalue weighted by Crippen LogP contribution is 2.29. The number of amides is 1. The smallest absolute Gasteiger partial charge is 0.257 e. The van der Waals surface area contributed by atoms with Gasteiger partial charge in [-0.25, -0.2) is 0 Å². The third-order valence-electron chi connectivity index (χ3n) is 5.99. The van der Waals surface area contributed by atoms with Crippen LogP contribution in [0.4, 0.5) is 0 Å². The van der Waals surface area contributed by atoms with Crippen molar-refractivity contribution in [2.75, 3.05) is 66.6 Å². The molecule has 2 saturated heterocycles. The van der Waals surface area contributed by atoms with Crippen molar-refractivity contribution in [1.29, 1.82) is 0 Å². The maximum Gasteiger partial charge on any atom is 0.257 e. The number of methoxy groups -OCH3 is 1. The Hall–Kier alpha value is -1.63. The zero-order chi connectivity index (χ0) is 19.4. The van der Waals surface area contributed by atoms with Crippen LogP contribution in [0.5, 0.6) is 5.75 Å². The van der Waals surface area contributed by atoms with Crippen molar-refractivity contribution in [3.63, 3.8) is 0 Å². The van der Waals surface area contributed by atoms with Crippen LogP contribution in [0.15, 0.2) is 18.2 Å². The molecule has 2 aliphatic heterocycles. The highest BCUT2D eigenvalue weighted by atomic mass is 16.5. The van der Waals surface area contributed by atoms with Crippen molar-refractivity contribution < 1.29 is 14.6 Å². The van der Waals surface area contributed by atoms with E-state index in [-0.39, 0.29) is 18.4 Å². The van der Waals surface area contributed by atoms with Gasteiger partial charge in [-0.15, -0.1) is 0 Å². The first kappa shape index (κ1) is 20.1. The summed E-state index contributed by atoms with van der Waals surface area (Å²) in [6.07, 6.45) is 1.18. The lowest BCUT2D eigenvalue weighted by molar-refractivity contribution is 0.0775. The van der Waals surface area contributed by atoms with Crippen molar-refractivity contribution in [3.05, 3.63) is 29.3 Å². The Labute approximate surface area is 162 Å². The predicted molar refractivity (Wildman–Crippen MR) is 106 cm³/mol. The van der Waals surface area contributed by atoms with Crippen LogP contribution < -0.4 is 4.74 Å². The Morgan fingerprint density at radius 3 is 2.70 bits per heavy atom. The number of rotatable bonds is 5. The molecule has 0 bridgehead atoms. The average Bonchev–Trinajstić information content (AvgIpc) is 2.96. The molecule has 0 unspecified atom stereocenters. The summed E-state index contributed by atoms with van der Waals surface area (Å²) in [6, 6.07) is 5.70. The summed E-state index contributed by atoms with van der Waals surface area (Å²) in [5.41, 5.74) is 1.68. The van der Waals surface area contributed by atoms with E-state index in [1.54, 1.807) is 7.11 Å². The number of benzene rings is 1. The van der Waals surface area contributed by atoms with Crippen molar-refractivity contribution >= 4 is 5.91 Å². The fraction of sp³-hybridized carbons (Fsp3) is 0.667. The Balaban J connectivity index is 1.67. The number of likely N-dealkylation sites (N-methyl/N-ethyl adjacent to an activating group) is 1. The lowest BCUT2D eigenvalue weighted by Gasteiger charge is -2.26. The number of hydrogen-bond acceptors (Lipinski definition) is 5. The summed E-state index contributed by atoms with van der Waals surface area (Å²) in [4.78, 5) is 19.8. The van der Waals surface area contributed by atoms with Crippen LogP contribution in [0, 0.1) is 18.8 Å². The normalized spacial score (nSPS) is 24.8. The van der Waals surface area contributed by atoms with Crippen LogP contribution in [-0.4, -0.2) is 92.3 Å². The van der Waals surface area contributed by atoms with E-state index in [1.807, 2.05) is 30.0 Å². The minimum atomic E-state index is 0.00315. The van der Waals surface area contributed by atoms with Crippen LogP contribution in [0.2, 0.25) is 0 Å². The second-order valence-corrected chi connectivity index (χ2v) is 8.07. The maximum atomic E-state index is 13.1. The first-order chi connectivity index (χ1) is 13.0. The molecule has 1 aromatic carbocycles. The minimum absolute atomic E-state index is 0.00315. The molecule has 0 radical (unpaired) electrons. The van der Waals surface area contributed by atoms with Crippen molar-refractivity contribution in [1.82, 2.24) is 14.7 Å². The first-order valence-electron chi connectivity index (χ1n) is 9.97. The molecule has 2 heterocycles. The molecule has 0 saturated carbocycles. The van der Waals surface area contributed by atoms with Gasteiger partial charge in [-0.3, -0.25) is 4.79 Å². The van der Waals surface area contributed by atoms with Gasteiger partial charge in [0.1, 0.15) is 5.75 Å². The molecule has 6 nitrogen and oxygen atoms in total. The second-order valence-electron chi connectivity index (χ2n) is 8.07. The second kappa shape index (κ2) is 9.04. The molecule has 150 valence electrons. The van der Waals surface area contributed by atoms with Crippen LogP contribution >= 0.6 is 0 Å². The molecule has 0 aromatic heterocycles. The summed E-state index contributed by atoms with van der Waals surface area (Å²) in [7, 11) is 3.77. The van der Waals surface area contributed by atoms with E-state index in [9.17, 15) is 9.90 Å². The number of nitrogens with zero attached hydrogens (tertiary/aromatic N) is 3. The standard InChI is InChI=1S/C21H33N3O3/c1-16-5-6-19(20(11-16)27-3)21(26)24-13-17(18(14-24)15-25)12-23-8-4-7-22(2)9-10-23/h5-6,11,17-18,25H,4,7-10,12-15H2,1-3H3/t17-,18-/m1/s1. The summed E-state index contributed by atoms with van der Waals surface area (Å²) in [5.74, 6) is 1.09. The van der Waals surface area contributed by atoms with Gasteiger partial charge in [-0.1, -0.05) is 6.07 Å². The van der Waals surface area contributed by atoms with Crippen LogP contribution in [-0.2, 0) is 0 Å². The average molecular weight is 376 g/mol. The lowest BCUT2D eigenvalue weighted by atomic mass is 9.96. The van der Waals surface area contributed by atoms with Gasteiger partial charge in [0.25, 0.3) is 5.91 Å². The molecule has 6 heteroatoms. The van der Waals surface area contributed by atoms with Crippen molar-refractivity contribution in [3.8, 4) is 5.75 Å². The summed E-state index contributed by atoms with van der Waals surface area (Å²) >= 11 is 0. The maximum absolute atomic E-state index is 13.1. The molecular formula is C21H33N3O3. The molecule has 0 aliphatic carbocycles. The molecule has 1 aromatic rings. The number of aliphatic hydroxyl groups is 1. The molecule has 0 spiro atoms. The Bertz CT molecular complexity index is 652. The molecule has 2 atom stereocenters. The van der Waals surface area contributed by atoms with Gasteiger partial charge in [0.05, 0.1) is 12.7 Å². The van der Waals surface area contributed by atoms with Gasteiger partial charge >= 0.3 is 0 Å². The molecule has 27 heavy (non-hydrogen) atoms. The number of likely N-dealkylation sites (tertiary alicyclic amines) is 1. The van der Waals surface area contributed by atoms with Crippen LogP contribution in [0.25, 0.3) is 0 Å². The Kier molecular flexibility index (Phi) is 6.73. The number of ether oxygens (including phenoxy) is 1. The van der Waals surface area contributed by atoms with Crippen LogP contribution in [0.3, 0.4) is 0 Å². The van der Waals surface area contributed by atoms with E-state index in [4.69, 9.17) is 4.74 Å². The number of carbonyl (C=O) groups excluding carboxylic acids is 1. The predicted octanol–water partition coefficient (Wildman–Crippen LogP) is 1.32. The summed E-state index contributed by atoms with van der Waals surface area (Å²) < 4.78 is 5.42. The third kappa shape index (κ3) is 4.81. The minimum Gasteiger partial charge on any atom is -0.496 e. The van der Waals surface area contributed by atoms with Crippen molar-refractivity contribution in [2.45, 2.75) is 13.3 Å². The van der Waals surface area contributed by atoms with E-state index in [2.05, 4.69) is 16.8 Å². The summed E-state index contributed by atoms with van der Waals surface area (Å²) in [5, 5.41) is 9.88. The number of aliphatic hydroxyl groups excluding tert-OH is 1. The number of carbonyl (C=O) groups is 1. The molecule has 2 aliphatic rings. The van der Waals surface area contributed by atoms with Gasteiger partial charge in [-0.05, 0) is 57.1 Å². The molecule has 1 N–H and O–H groups in total. The number of hydrogen-bond donors (Lipinski definition) is 1. The van der Waals surface area contributed by atoms with E-state index in [1.165, 1.54) is 6.42 Å². The topological polar surface area (TPSA) is 56.2 Å². The fourth-order valence-electron chi connectivity index (χ4n) is 4.28. The Morgan fingerprint density at radius 2 is 1.96 bits per heavy atom. The third-order valence-corrected chi connectivity index (χ3v) is 5.99. The SMILES string of the molecule is COc1cc(C)ccc1C(=O)N1C[C@@H](CN2CCCN(C)CC2)[C@@H](CO)C1. The van der Waals surface area contributed by atoms with Gasteiger partial charge in [0.2, 0.25) is 0 Å². The molecular weight excluding hydrogens is 342 g/mol. The van der Waals surface area contributed by atoms with Gasteiger partial charge in [-0.2, -0.15) is 0 Å². The van der Waals surface area contributed by atoms with Gasteiger partial charge < -0.3 is 24.5 Å². The highest BCUT2D eigenvalue weighted by molar-refractivity contribution is 5.97. The highest BCUT2D eigenvalue weighted by Gasteiger charge is 2.36. The lowest BCUT2D eigenvalue weighted by Crippen LogP contribution is -2.36. The first-order valence-corrected chi connectivity index (χ1v) is 9.97. The monoisotopic (exact) mass is 375 g/mol. The van der Waals surface area contributed by atoms with E-state index < -0.39 is 0 Å². The van der Waals surface area contributed by atoms with E-state index in [0.717, 1.165) is 38.3 Å². The number of aryl methyl sites for hydroxylation is 1. The fourth-order valence-corrected chi connectivity index (χ4v) is 4.28. The Morgan fingerprint density at radius 1 is 1.19 bits per heavy atom.